The van der Waals surface area contributed by atoms with Crippen LogP contribution in [0.3, 0.4) is 0 Å². The van der Waals surface area contributed by atoms with Crippen molar-refractivity contribution in [2.24, 2.45) is 5.73 Å². The molecule has 13 heteroatoms. The number of Topliss-reactive ketones (excluding diaryl/α,β-unsaturated/α-hetero) is 1. The third-order valence-electron chi connectivity index (χ3n) is 2.40. The minimum Gasteiger partial charge on any atom is -0.479 e. The normalized spacial score (nSPS) is 10.2. The van der Waals surface area contributed by atoms with Crippen LogP contribution < -0.4 is 15.2 Å². The van der Waals surface area contributed by atoms with E-state index in [-0.39, 0.29) is 29.4 Å². The number of carboxylic acid groups (broad SMARTS) is 3. The van der Waals surface area contributed by atoms with E-state index in [1.165, 1.54) is 18.2 Å². The number of carboxylic acids is 3. The lowest BCUT2D eigenvalue weighted by Gasteiger charge is -2.11. The molecule has 0 radical (unpaired) electrons. The number of alkyl halides is 3. The van der Waals surface area contributed by atoms with Gasteiger partial charge in [-0.1, -0.05) is 0 Å². The minimum absolute atomic E-state index is 0.0298. The van der Waals surface area contributed by atoms with Gasteiger partial charge in [0.15, 0.2) is 30.5 Å². The SMILES string of the molecule is NCC(=O)c1ccc(OCC(=O)O)c(OCC(=O)O)c1.O=C(O)C(F)(F)F. The van der Waals surface area contributed by atoms with E-state index < -0.39 is 37.3 Å². The molecule has 1 aromatic rings. The first-order valence-corrected chi connectivity index (χ1v) is 6.75. The first kappa shape index (κ1) is 23.6. The van der Waals surface area contributed by atoms with Crippen molar-refractivity contribution in [3.63, 3.8) is 0 Å². The number of halogens is 3. The molecule has 1 rings (SSSR count). The summed E-state index contributed by atoms with van der Waals surface area (Å²) in [5, 5.41) is 24.2. The molecule has 0 heterocycles. The van der Waals surface area contributed by atoms with Crippen molar-refractivity contribution in [1.29, 1.82) is 0 Å². The molecule has 0 unspecified atom stereocenters. The average molecular weight is 397 g/mol. The first-order chi connectivity index (χ1) is 12.4. The van der Waals surface area contributed by atoms with Crippen molar-refractivity contribution in [3.05, 3.63) is 23.8 Å². The van der Waals surface area contributed by atoms with Gasteiger partial charge in [-0.3, -0.25) is 4.79 Å². The van der Waals surface area contributed by atoms with Gasteiger partial charge in [-0.05, 0) is 18.2 Å². The highest BCUT2D eigenvalue weighted by Crippen LogP contribution is 2.28. The van der Waals surface area contributed by atoms with Crippen LogP contribution in [-0.4, -0.2) is 64.9 Å². The Morgan fingerprint density at radius 1 is 0.926 bits per heavy atom. The molecule has 0 aliphatic carbocycles. The summed E-state index contributed by atoms with van der Waals surface area (Å²) in [6, 6.07) is 3.97. The molecule has 10 nitrogen and oxygen atoms in total. The number of aliphatic carboxylic acids is 3. The van der Waals surface area contributed by atoms with E-state index >= 15 is 0 Å². The van der Waals surface area contributed by atoms with Crippen LogP contribution in [-0.2, 0) is 14.4 Å². The fourth-order valence-corrected chi connectivity index (χ4v) is 1.31. The second kappa shape index (κ2) is 10.6. The lowest BCUT2D eigenvalue weighted by atomic mass is 10.1. The smallest absolute Gasteiger partial charge is 0.479 e. The van der Waals surface area contributed by atoms with Crippen LogP contribution in [0, 0.1) is 0 Å². The summed E-state index contributed by atoms with van der Waals surface area (Å²) in [4.78, 5) is 41.3. The number of nitrogens with two attached hydrogens (primary N) is 1. The number of ether oxygens (including phenoxy) is 2. The van der Waals surface area contributed by atoms with E-state index in [1.807, 2.05) is 0 Å². The van der Waals surface area contributed by atoms with Crippen molar-refractivity contribution in [1.82, 2.24) is 0 Å². The van der Waals surface area contributed by atoms with E-state index in [0.717, 1.165) is 0 Å². The Labute approximate surface area is 148 Å². The van der Waals surface area contributed by atoms with Gasteiger partial charge in [0, 0.05) is 5.56 Å². The van der Waals surface area contributed by atoms with Crippen molar-refractivity contribution < 1.29 is 57.1 Å². The lowest BCUT2D eigenvalue weighted by molar-refractivity contribution is -0.192. The highest BCUT2D eigenvalue weighted by molar-refractivity contribution is 5.98. The van der Waals surface area contributed by atoms with Gasteiger partial charge in [-0.2, -0.15) is 13.2 Å². The van der Waals surface area contributed by atoms with Gasteiger partial charge in [0.25, 0.3) is 0 Å². The Kier molecular flexibility index (Phi) is 9.28. The maximum Gasteiger partial charge on any atom is 0.490 e. The summed E-state index contributed by atoms with van der Waals surface area (Å²) in [6.07, 6.45) is -5.08. The molecule has 0 aliphatic heterocycles. The molecule has 0 amide bonds. The van der Waals surface area contributed by atoms with Crippen molar-refractivity contribution in [2.45, 2.75) is 6.18 Å². The first-order valence-electron chi connectivity index (χ1n) is 6.75. The Morgan fingerprint density at radius 2 is 1.37 bits per heavy atom. The summed E-state index contributed by atoms with van der Waals surface area (Å²) in [6.45, 7) is -1.48. The van der Waals surface area contributed by atoms with Crippen LogP contribution in [0.2, 0.25) is 0 Å². The van der Waals surface area contributed by atoms with Gasteiger partial charge < -0.3 is 30.5 Å². The van der Waals surface area contributed by atoms with Crippen LogP contribution in [0.1, 0.15) is 10.4 Å². The van der Waals surface area contributed by atoms with E-state index in [2.05, 4.69) is 0 Å². The number of benzene rings is 1. The summed E-state index contributed by atoms with van der Waals surface area (Å²) in [7, 11) is 0. The van der Waals surface area contributed by atoms with E-state index in [1.54, 1.807) is 0 Å². The van der Waals surface area contributed by atoms with Crippen LogP contribution in [0.4, 0.5) is 13.2 Å². The molecule has 0 fully saturated rings. The van der Waals surface area contributed by atoms with Crippen molar-refractivity contribution in [3.8, 4) is 11.5 Å². The number of hydrogen-bond donors (Lipinski definition) is 4. The van der Waals surface area contributed by atoms with Gasteiger partial charge >= 0.3 is 24.1 Å². The molecule has 0 bridgehead atoms. The zero-order valence-corrected chi connectivity index (χ0v) is 13.4. The van der Waals surface area contributed by atoms with Crippen molar-refractivity contribution in [2.75, 3.05) is 19.8 Å². The summed E-state index contributed by atoms with van der Waals surface area (Å²) >= 11 is 0. The summed E-state index contributed by atoms with van der Waals surface area (Å²) in [5.74, 6) is -5.54. The largest absolute Gasteiger partial charge is 0.490 e. The zero-order chi connectivity index (χ0) is 21.2. The summed E-state index contributed by atoms with van der Waals surface area (Å²) < 4.78 is 41.6. The Morgan fingerprint density at radius 3 is 1.74 bits per heavy atom. The fraction of sp³-hybridized carbons (Fsp3) is 0.286. The molecule has 0 saturated carbocycles. The Bertz CT molecular complexity index is 704. The van der Waals surface area contributed by atoms with Gasteiger partial charge in [0.05, 0.1) is 6.54 Å². The quantitative estimate of drug-likeness (QED) is 0.449. The molecule has 0 atom stereocenters. The van der Waals surface area contributed by atoms with Gasteiger partial charge in [-0.15, -0.1) is 0 Å². The van der Waals surface area contributed by atoms with Gasteiger partial charge in [-0.25, -0.2) is 14.4 Å². The molecule has 0 spiro atoms. The number of carbonyl (C=O) groups is 4. The van der Waals surface area contributed by atoms with E-state index in [4.69, 9.17) is 35.3 Å². The standard InChI is InChI=1S/C12H13NO7.C2HF3O2/c13-4-8(14)7-1-2-9(19-5-11(15)16)10(3-7)20-6-12(17)18;3-2(4,5)1(6)7/h1-3H,4-6,13H2,(H,15,16)(H,17,18);(H,6,7). The highest BCUT2D eigenvalue weighted by atomic mass is 19.4. The fourth-order valence-electron chi connectivity index (χ4n) is 1.31. The average Bonchev–Trinajstić information content (AvgIpc) is 2.57. The van der Waals surface area contributed by atoms with Gasteiger partial charge in [0.2, 0.25) is 0 Å². The van der Waals surface area contributed by atoms with Crippen molar-refractivity contribution >= 4 is 23.7 Å². The molecule has 27 heavy (non-hydrogen) atoms. The maximum absolute atomic E-state index is 11.4. The van der Waals surface area contributed by atoms with Crippen LogP contribution in [0.25, 0.3) is 0 Å². The third kappa shape index (κ3) is 9.64. The van der Waals surface area contributed by atoms with Crippen LogP contribution >= 0.6 is 0 Å². The Hall–Kier alpha value is -3.35. The second-order valence-electron chi connectivity index (χ2n) is 4.46. The highest BCUT2D eigenvalue weighted by Gasteiger charge is 2.38. The maximum atomic E-state index is 11.4. The molecule has 5 N–H and O–H groups in total. The monoisotopic (exact) mass is 397 g/mol. The van der Waals surface area contributed by atoms with Gasteiger partial charge in [0.1, 0.15) is 0 Å². The van der Waals surface area contributed by atoms with Crippen LogP contribution in [0.15, 0.2) is 18.2 Å². The predicted octanol–water partition coefficient (Wildman–Crippen LogP) is 0.388. The topological polar surface area (TPSA) is 173 Å². The number of carbonyl (C=O) groups excluding carboxylic acids is 1. The number of hydrogen-bond acceptors (Lipinski definition) is 7. The molecule has 0 aliphatic rings. The van der Waals surface area contributed by atoms with E-state index in [0.29, 0.717) is 0 Å². The summed E-state index contributed by atoms with van der Waals surface area (Å²) in [5.41, 5.74) is 5.44. The molecule has 0 aromatic heterocycles. The molecular formula is C14H14F3NO9. The zero-order valence-electron chi connectivity index (χ0n) is 13.4. The minimum atomic E-state index is -5.08. The van der Waals surface area contributed by atoms with Crippen LogP contribution in [0.5, 0.6) is 11.5 Å². The molecule has 0 saturated heterocycles. The van der Waals surface area contributed by atoms with E-state index in [9.17, 15) is 27.6 Å². The lowest BCUT2D eigenvalue weighted by Crippen LogP contribution is -2.21. The third-order valence-corrected chi connectivity index (χ3v) is 2.40. The predicted molar refractivity (Wildman–Crippen MR) is 79.8 cm³/mol. The number of rotatable bonds is 8. The Balaban J connectivity index is 0.000000821. The molecular weight excluding hydrogens is 383 g/mol. The number of ketones is 1. The second-order valence-corrected chi connectivity index (χ2v) is 4.46. The molecule has 150 valence electrons. The molecule has 1 aromatic carbocycles.